The van der Waals surface area contributed by atoms with E-state index in [-0.39, 0.29) is 5.78 Å². The van der Waals surface area contributed by atoms with Crippen LogP contribution in [0.1, 0.15) is 26.4 Å². The van der Waals surface area contributed by atoms with E-state index in [1.165, 1.54) is 6.20 Å². The first-order valence-corrected chi connectivity index (χ1v) is 5.34. The van der Waals surface area contributed by atoms with Gasteiger partial charge in [0, 0.05) is 5.56 Å². The number of hydrogen-bond donors (Lipinski definition) is 0. The molecule has 0 unspecified atom stereocenters. The predicted molar refractivity (Wildman–Crippen MR) is 59.3 cm³/mol. The van der Waals surface area contributed by atoms with E-state index in [1.54, 1.807) is 0 Å². The molecule has 1 heterocycles. The second-order valence-electron chi connectivity index (χ2n) is 3.49. The fourth-order valence-electron chi connectivity index (χ4n) is 1.52. The van der Waals surface area contributed by atoms with Crippen LogP contribution >= 0.6 is 11.5 Å². The van der Waals surface area contributed by atoms with E-state index in [0.29, 0.717) is 10.4 Å². The van der Waals surface area contributed by atoms with Crippen molar-refractivity contribution in [2.75, 3.05) is 0 Å². The Morgan fingerprint density at radius 2 is 1.87 bits per heavy atom. The molecule has 76 valence electrons. The Labute approximate surface area is 91.9 Å². The van der Waals surface area contributed by atoms with E-state index >= 15 is 0 Å². The molecule has 15 heavy (non-hydrogen) atoms. The lowest BCUT2D eigenvalue weighted by Gasteiger charge is -2.01. The lowest BCUT2D eigenvalue weighted by Crippen LogP contribution is -1.99. The Morgan fingerprint density at radius 3 is 2.40 bits per heavy atom. The molecular weight excluding hydrogens is 208 g/mol. The van der Waals surface area contributed by atoms with Crippen LogP contribution in [0.3, 0.4) is 0 Å². The summed E-state index contributed by atoms with van der Waals surface area (Å²) >= 11 is 1.13. The normalized spacial score (nSPS) is 10.3. The van der Waals surface area contributed by atoms with E-state index in [9.17, 15) is 4.79 Å². The van der Waals surface area contributed by atoms with Crippen molar-refractivity contribution in [3.05, 3.63) is 46.0 Å². The average Bonchev–Trinajstić information content (AvgIpc) is 2.67. The molecule has 1 aromatic heterocycles. The van der Waals surface area contributed by atoms with Gasteiger partial charge in [0.15, 0.2) is 0 Å². The molecule has 0 aliphatic heterocycles. The second kappa shape index (κ2) is 3.90. The van der Waals surface area contributed by atoms with Gasteiger partial charge in [-0.15, -0.1) is 5.10 Å². The van der Waals surface area contributed by atoms with Crippen LogP contribution in [0, 0.1) is 13.8 Å². The quantitative estimate of drug-likeness (QED) is 0.727. The van der Waals surface area contributed by atoms with Crippen LogP contribution in [0.25, 0.3) is 0 Å². The summed E-state index contributed by atoms with van der Waals surface area (Å²) in [4.78, 5) is 12.5. The van der Waals surface area contributed by atoms with Crippen LogP contribution in [-0.4, -0.2) is 15.4 Å². The number of carbonyl (C=O) groups is 1. The zero-order valence-electron chi connectivity index (χ0n) is 8.52. The molecule has 0 radical (unpaired) electrons. The summed E-state index contributed by atoms with van der Waals surface area (Å²) in [6.45, 7) is 3.96. The molecule has 2 rings (SSSR count). The van der Waals surface area contributed by atoms with Crippen molar-refractivity contribution in [2.24, 2.45) is 0 Å². The van der Waals surface area contributed by atoms with Gasteiger partial charge in [-0.25, -0.2) is 0 Å². The fraction of sp³-hybridized carbons (Fsp3) is 0.182. The number of hydrogen-bond acceptors (Lipinski definition) is 4. The van der Waals surface area contributed by atoms with Gasteiger partial charge in [-0.2, -0.15) is 0 Å². The van der Waals surface area contributed by atoms with Crippen LogP contribution in [0.2, 0.25) is 0 Å². The lowest BCUT2D eigenvalue weighted by molar-refractivity contribution is 0.104. The third-order valence-electron chi connectivity index (χ3n) is 2.07. The molecule has 1 aromatic carbocycles. The molecule has 0 spiro atoms. The van der Waals surface area contributed by atoms with E-state index in [1.807, 2.05) is 32.0 Å². The smallest absolute Gasteiger partial charge is 0.206 e. The molecule has 0 bridgehead atoms. The summed E-state index contributed by atoms with van der Waals surface area (Å²) in [7, 11) is 0. The Morgan fingerprint density at radius 1 is 1.20 bits per heavy atom. The lowest BCUT2D eigenvalue weighted by atomic mass is 10.0. The van der Waals surface area contributed by atoms with Crippen molar-refractivity contribution in [1.82, 2.24) is 9.59 Å². The standard InChI is InChI=1S/C11H10N2OS/c1-7-3-8(2)5-9(4-7)11(14)10-6-12-13-15-10/h3-6H,1-2H3. The van der Waals surface area contributed by atoms with E-state index in [4.69, 9.17) is 0 Å². The molecule has 4 heteroatoms. The minimum atomic E-state index is -0.00296. The van der Waals surface area contributed by atoms with Gasteiger partial charge in [0.25, 0.3) is 0 Å². The van der Waals surface area contributed by atoms with Crippen molar-refractivity contribution in [3.63, 3.8) is 0 Å². The molecule has 0 fully saturated rings. The first-order chi connectivity index (χ1) is 7.16. The Hall–Kier alpha value is -1.55. The Bertz CT molecular complexity index is 471. The fourth-order valence-corrected chi connectivity index (χ4v) is 1.99. The monoisotopic (exact) mass is 218 g/mol. The number of nitrogens with zero attached hydrogens (tertiary/aromatic N) is 2. The summed E-state index contributed by atoms with van der Waals surface area (Å²) in [5, 5.41) is 3.66. The first kappa shape index (κ1) is 9.98. The minimum Gasteiger partial charge on any atom is -0.288 e. The molecule has 0 saturated heterocycles. The van der Waals surface area contributed by atoms with Gasteiger partial charge in [-0.3, -0.25) is 4.79 Å². The number of aryl methyl sites for hydroxylation is 2. The third-order valence-corrected chi connectivity index (χ3v) is 2.73. The highest BCUT2D eigenvalue weighted by Gasteiger charge is 2.11. The number of benzene rings is 1. The van der Waals surface area contributed by atoms with Crippen LogP contribution in [0.4, 0.5) is 0 Å². The maximum absolute atomic E-state index is 11.9. The van der Waals surface area contributed by atoms with E-state index < -0.39 is 0 Å². The molecular formula is C11H10N2OS. The molecule has 0 N–H and O–H groups in total. The molecule has 2 aromatic rings. The van der Waals surface area contributed by atoms with Crippen molar-refractivity contribution in [1.29, 1.82) is 0 Å². The van der Waals surface area contributed by atoms with Gasteiger partial charge in [0.05, 0.1) is 6.20 Å². The maximum atomic E-state index is 11.9. The molecule has 0 saturated carbocycles. The van der Waals surface area contributed by atoms with E-state index in [0.717, 1.165) is 22.7 Å². The number of aromatic nitrogens is 2. The van der Waals surface area contributed by atoms with Gasteiger partial charge in [-0.1, -0.05) is 21.7 Å². The highest BCUT2D eigenvalue weighted by Crippen LogP contribution is 2.15. The molecule has 0 aliphatic carbocycles. The van der Waals surface area contributed by atoms with Gasteiger partial charge in [-0.05, 0) is 37.5 Å². The summed E-state index contributed by atoms with van der Waals surface area (Å²) in [6.07, 6.45) is 1.50. The number of ketones is 1. The van der Waals surface area contributed by atoms with Crippen molar-refractivity contribution >= 4 is 17.3 Å². The first-order valence-electron chi connectivity index (χ1n) is 4.57. The van der Waals surface area contributed by atoms with E-state index in [2.05, 4.69) is 9.59 Å². The van der Waals surface area contributed by atoms with Crippen molar-refractivity contribution in [3.8, 4) is 0 Å². The highest BCUT2D eigenvalue weighted by molar-refractivity contribution is 7.08. The van der Waals surface area contributed by atoms with Gasteiger partial charge >= 0.3 is 0 Å². The summed E-state index contributed by atoms with van der Waals surface area (Å²) in [5.74, 6) is -0.00296. The summed E-state index contributed by atoms with van der Waals surface area (Å²) in [5.41, 5.74) is 2.89. The second-order valence-corrected chi connectivity index (χ2v) is 4.27. The minimum absolute atomic E-state index is 0.00296. The molecule has 0 amide bonds. The van der Waals surface area contributed by atoms with Crippen molar-refractivity contribution in [2.45, 2.75) is 13.8 Å². The molecule has 0 atom stereocenters. The Kier molecular flexibility index (Phi) is 2.60. The van der Waals surface area contributed by atoms with Crippen LogP contribution in [0.15, 0.2) is 24.4 Å². The number of carbonyl (C=O) groups excluding carboxylic acids is 1. The third kappa shape index (κ3) is 2.10. The highest BCUT2D eigenvalue weighted by atomic mass is 32.1. The van der Waals surface area contributed by atoms with Crippen LogP contribution in [0.5, 0.6) is 0 Å². The van der Waals surface area contributed by atoms with Gasteiger partial charge in [0.2, 0.25) is 5.78 Å². The average molecular weight is 218 g/mol. The SMILES string of the molecule is Cc1cc(C)cc(C(=O)c2cnns2)c1. The van der Waals surface area contributed by atoms with Crippen LogP contribution < -0.4 is 0 Å². The summed E-state index contributed by atoms with van der Waals surface area (Å²) < 4.78 is 3.68. The largest absolute Gasteiger partial charge is 0.288 e. The Balaban J connectivity index is 2.42. The van der Waals surface area contributed by atoms with Crippen LogP contribution in [-0.2, 0) is 0 Å². The molecule has 3 nitrogen and oxygen atoms in total. The summed E-state index contributed by atoms with van der Waals surface area (Å²) in [6, 6.07) is 5.81. The van der Waals surface area contributed by atoms with Crippen molar-refractivity contribution < 1.29 is 4.79 Å². The molecule has 0 aliphatic rings. The predicted octanol–water partition coefficient (Wildman–Crippen LogP) is 2.39. The van der Waals surface area contributed by atoms with Gasteiger partial charge in [0.1, 0.15) is 4.88 Å². The van der Waals surface area contributed by atoms with Gasteiger partial charge < -0.3 is 0 Å². The maximum Gasteiger partial charge on any atom is 0.206 e. The number of rotatable bonds is 2. The zero-order valence-corrected chi connectivity index (χ0v) is 9.34. The zero-order chi connectivity index (χ0) is 10.8. The topological polar surface area (TPSA) is 42.9 Å².